The fourth-order valence-electron chi connectivity index (χ4n) is 6.16. The number of rotatable bonds is 7. The molecule has 0 atom stereocenters. The lowest BCUT2D eigenvalue weighted by Gasteiger charge is -2.15. The minimum atomic E-state index is 0.682. The van der Waals surface area contributed by atoms with E-state index in [1.807, 2.05) is 78.9 Å². The summed E-state index contributed by atoms with van der Waals surface area (Å²) in [4.78, 5) is 10.0. The standard InChI is InChI=1S/C41H29N5/c42-27-35-36(43-31-18-8-3-9-19-31)24-23-34-33-21-10-11-22-39(33)46(40(34)35)32-20-12-17-30(25-32)38-26-37(28-13-4-1-5-14-28)44-41(45-38)29-15-6-2-7-16-29/h1-27,42-43H. The second kappa shape index (κ2) is 11.6. The Kier molecular flexibility index (Phi) is 6.89. The van der Waals surface area contributed by atoms with Crippen LogP contribution >= 0.6 is 0 Å². The zero-order valence-corrected chi connectivity index (χ0v) is 24.9. The number of benzene rings is 6. The summed E-state index contributed by atoms with van der Waals surface area (Å²) in [5.74, 6) is 0.682. The molecule has 0 aliphatic rings. The van der Waals surface area contributed by atoms with E-state index in [1.54, 1.807) is 0 Å². The molecule has 6 aromatic carbocycles. The third-order valence-corrected chi connectivity index (χ3v) is 8.30. The average Bonchev–Trinajstić information content (AvgIpc) is 3.47. The predicted octanol–water partition coefficient (Wildman–Crippen LogP) is 10.3. The lowest BCUT2D eigenvalue weighted by molar-refractivity contribution is 1.16. The maximum Gasteiger partial charge on any atom is 0.160 e. The normalized spacial score (nSPS) is 11.1. The smallest absolute Gasteiger partial charge is 0.160 e. The Balaban J connectivity index is 1.33. The fraction of sp³-hybridized carbons (Fsp3) is 0. The number of para-hydroxylation sites is 2. The number of nitrogens with one attached hydrogen (secondary N) is 2. The van der Waals surface area contributed by atoms with Gasteiger partial charge in [-0.05, 0) is 42.5 Å². The summed E-state index contributed by atoms with van der Waals surface area (Å²) in [6.45, 7) is 0. The molecule has 0 unspecified atom stereocenters. The minimum absolute atomic E-state index is 0.682. The van der Waals surface area contributed by atoms with Crippen molar-refractivity contribution in [1.29, 1.82) is 5.41 Å². The van der Waals surface area contributed by atoms with Gasteiger partial charge in [-0.1, -0.05) is 115 Å². The van der Waals surface area contributed by atoms with Crippen LogP contribution in [-0.4, -0.2) is 20.7 Å². The van der Waals surface area contributed by atoms with Gasteiger partial charge < -0.3 is 15.3 Å². The highest BCUT2D eigenvalue weighted by molar-refractivity contribution is 6.16. The molecule has 2 aromatic heterocycles. The summed E-state index contributed by atoms with van der Waals surface area (Å²) in [7, 11) is 0. The van der Waals surface area contributed by atoms with Gasteiger partial charge in [-0.2, -0.15) is 0 Å². The lowest BCUT2D eigenvalue weighted by Crippen LogP contribution is -2.01. The van der Waals surface area contributed by atoms with Gasteiger partial charge >= 0.3 is 0 Å². The average molecular weight is 592 g/mol. The van der Waals surface area contributed by atoms with E-state index in [2.05, 4.69) is 88.7 Å². The lowest BCUT2D eigenvalue weighted by atomic mass is 10.1. The highest BCUT2D eigenvalue weighted by Crippen LogP contribution is 2.38. The summed E-state index contributed by atoms with van der Waals surface area (Å²) >= 11 is 0. The molecule has 0 radical (unpaired) electrons. The largest absolute Gasteiger partial charge is 0.355 e. The van der Waals surface area contributed by atoms with Crippen LogP contribution in [0.1, 0.15) is 5.56 Å². The SMILES string of the molecule is N=Cc1c(Nc2ccccc2)ccc2c3ccccc3n(-c3cccc(-c4cc(-c5ccccc5)nc(-c5ccccc5)n4)c3)c12. The number of nitrogens with zero attached hydrogens (tertiary/aromatic N) is 3. The first-order valence-electron chi connectivity index (χ1n) is 15.3. The number of anilines is 2. The van der Waals surface area contributed by atoms with Crippen LogP contribution in [0.4, 0.5) is 11.4 Å². The van der Waals surface area contributed by atoms with E-state index in [4.69, 9.17) is 15.4 Å². The second-order valence-electron chi connectivity index (χ2n) is 11.2. The molecular weight excluding hydrogens is 562 g/mol. The molecule has 0 fully saturated rings. The first kappa shape index (κ1) is 27.2. The Morgan fingerprint density at radius 1 is 0.543 bits per heavy atom. The van der Waals surface area contributed by atoms with E-state index in [-0.39, 0.29) is 0 Å². The second-order valence-corrected chi connectivity index (χ2v) is 11.2. The Morgan fingerprint density at radius 2 is 1.17 bits per heavy atom. The number of hydrogen-bond acceptors (Lipinski definition) is 4. The summed E-state index contributed by atoms with van der Waals surface area (Å²) < 4.78 is 2.27. The third kappa shape index (κ3) is 4.90. The summed E-state index contributed by atoms with van der Waals surface area (Å²) in [6, 6.07) is 53.6. The van der Waals surface area contributed by atoms with Gasteiger partial charge in [-0.25, -0.2) is 9.97 Å². The van der Waals surface area contributed by atoms with Gasteiger partial charge in [0.1, 0.15) is 0 Å². The maximum absolute atomic E-state index is 8.56. The Morgan fingerprint density at radius 3 is 1.91 bits per heavy atom. The van der Waals surface area contributed by atoms with Crippen molar-refractivity contribution in [3.63, 3.8) is 0 Å². The van der Waals surface area contributed by atoms with Crippen molar-refractivity contribution in [2.45, 2.75) is 0 Å². The molecule has 5 nitrogen and oxygen atoms in total. The number of hydrogen-bond donors (Lipinski definition) is 2. The predicted molar refractivity (Wildman–Crippen MR) is 190 cm³/mol. The molecule has 0 spiro atoms. The summed E-state index contributed by atoms with van der Waals surface area (Å²) in [5.41, 5.74) is 10.4. The van der Waals surface area contributed by atoms with E-state index in [9.17, 15) is 0 Å². The molecule has 0 saturated heterocycles. The van der Waals surface area contributed by atoms with Gasteiger partial charge in [0.05, 0.1) is 22.4 Å². The van der Waals surface area contributed by atoms with E-state index < -0.39 is 0 Å². The molecule has 0 bridgehead atoms. The van der Waals surface area contributed by atoms with E-state index in [0.29, 0.717) is 5.82 Å². The molecule has 2 heterocycles. The monoisotopic (exact) mass is 591 g/mol. The zero-order valence-electron chi connectivity index (χ0n) is 24.9. The van der Waals surface area contributed by atoms with Crippen molar-refractivity contribution in [3.8, 4) is 39.6 Å². The summed E-state index contributed by atoms with van der Waals surface area (Å²) in [5, 5.41) is 14.3. The van der Waals surface area contributed by atoms with Crippen LogP contribution in [0.25, 0.3) is 61.4 Å². The molecule has 0 saturated carbocycles. The van der Waals surface area contributed by atoms with Crippen LogP contribution in [0.15, 0.2) is 158 Å². The van der Waals surface area contributed by atoms with Crippen molar-refractivity contribution in [2.75, 3.05) is 5.32 Å². The Hall–Kier alpha value is -6.33. The van der Waals surface area contributed by atoms with Crippen LogP contribution < -0.4 is 5.32 Å². The molecule has 2 N–H and O–H groups in total. The first-order valence-corrected chi connectivity index (χ1v) is 15.3. The molecule has 0 amide bonds. The Labute approximate surface area is 267 Å². The van der Waals surface area contributed by atoms with Crippen LogP contribution in [0, 0.1) is 5.41 Å². The van der Waals surface area contributed by atoms with Crippen molar-refractivity contribution < 1.29 is 0 Å². The Bertz CT molecular complexity index is 2290. The van der Waals surface area contributed by atoms with E-state index in [0.717, 1.165) is 72.5 Å². The van der Waals surface area contributed by atoms with Crippen molar-refractivity contribution >= 4 is 39.4 Å². The van der Waals surface area contributed by atoms with Crippen LogP contribution in [0.5, 0.6) is 0 Å². The molecule has 8 aromatic rings. The quantitative estimate of drug-likeness (QED) is 0.181. The highest BCUT2D eigenvalue weighted by Gasteiger charge is 2.18. The molecule has 46 heavy (non-hydrogen) atoms. The van der Waals surface area contributed by atoms with Crippen molar-refractivity contribution in [3.05, 3.63) is 163 Å². The fourth-order valence-corrected chi connectivity index (χ4v) is 6.16. The molecular formula is C41H29N5. The van der Waals surface area contributed by atoms with Crippen molar-refractivity contribution in [1.82, 2.24) is 14.5 Å². The molecule has 218 valence electrons. The highest BCUT2D eigenvalue weighted by atomic mass is 15.0. The van der Waals surface area contributed by atoms with Crippen LogP contribution in [0.2, 0.25) is 0 Å². The van der Waals surface area contributed by atoms with Crippen molar-refractivity contribution in [2.24, 2.45) is 0 Å². The van der Waals surface area contributed by atoms with Gasteiger partial charge in [0, 0.05) is 56.3 Å². The van der Waals surface area contributed by atoms with Gasteiger partial charge in [-0.15, -0.1) is 0 Å². The van der Waals surface area contributed by atoms with Gasteiger partial charge in [-0.3, -0.25) is 0 Å². The van der Waals surface area contributed by atoms with Crippen LogP contribution in [0.3, 0.4) is 0 Å². The number of fused-ring (bicyclic) bond motifs is 3. The third-order valence-electron chi connectivity index (χ3n) is 8.30. The van der Waals surface area contributed by atoms with Gasteiger partial charge in [0.2, 0.25) is 0 Å². The summed E-state index contributed by atoms with van der Waals surface area (Å²) in [6.07, 6.45) is 1.45. The maximum atomic E-state index is 8.56. The molecule has 0 aliphatic carbocycles. The van der Waals surface area contributed by atoms with Gasteiger partial charge in [0.25, 0.3) is 0 Å². The minimum Gasteiger partial charge on any atom is -0.355 e. The molecule has 0 aliphatic heterocycles. The number of aromatic nitrogens is 3. The molecule has 5 heteroatoms. The molecule has 8 rings (SSSR count). The van der Waals surface area contributed by atoms with E-state index in [1.165, 1.54) is 6.21 Å². The first-order chi connectivity index (χ1) is 22.8. The zero-order chi connectivity index (χ0) is 30.9. The topological polar surface area (TPSA) is 66.6 Å². The van der Waals surface area contributed by atoms with Gasteiger partial charge in [0.15, 0.2) is 5.82 Å². The van der Waals surface area contributed by atoms with E-state index >= 15 is 0 Å². The van der Waals surface area contributed by atoms with Crippen LogP contribution in [-0.2, 0) is 0 Å².